The van der Waals surface area contributed by atoms with Crippen molar-refractivity contribution in [1.29, 1.82) is 0 Å². The van der Waals surface area contributed by atoms with Crippen molar-refractivity contribution in [2.24, 2.45) is 0 Å². The van der Waals surface area contributed by atoms with Crippen LogP contribution >= 0.6 is 11.3 Å². The summed E-state index contributed by atoms with van der Waals surface area (Å²) in [5, 5.41) is 4.64. The first-order valence-electron chi connectivity index (χ1n) is 9.49. The van der Waals surface area contributed by atoms with Gasteiger partial charge in [-0.2, -0.15) is 0 Å². The summed E-state index contributed by atoms with van der Waals surface area (Å²) in [4.78, 5) is 12.0. The van der Waals surface area contributed by atoms with Crippen LogP contribution in [0.1, 0.15) is 17.4 Å². The highest BCUT2D eigenvalue weighted by molar-refractivity contribution is 7.18. The Balaban J connectivity index is 1.59. The third kappa shape index (κ3) is 3.99. The summed E-state index contributed by atoms with van der Waals surface area (Å²) in [6.07, 6.45) is 1.92. The molecule has 0 unspecified atom stereocenters. The summed E-state index contributed by atoms with van der Waals surface area (Å²) >= 11 is 1.75. The molecule has 28 heavy (non-hydrogen) atoms. The maximum atomic E-state index is 5.23. The minimum atomic E-state index is 0.768. The lowest BCUT2D eigenvalue weighted by atomic mass is 10.1. The summed E-state index contributed by atoms with van der Waals surface area (Å²) < 4.78 is 5.23. The number of anilines is 1. The van der Waals surface area contributed by atoms with Gasteiger partial charge in [-0.1, -0.05) is 49.4 Å². The Hall–Kier alpha value is -2.92. The highest BCUT2D eigenvalue weighted by Gasteiger charge is 2.12. The van der Waals surface area contributed by atoms with Crippen LogP contribution in [0, 0.1) is 0 Å². The molecule has 2 aromatic carbocycles. The Labute approximate surface area is 169 Å². The Morgan fingerprint density at radius 2 is 1.79 bits per heavy atom. The van der Waals surface area contributed by atoms with Gasteiger partial charge in [-0.15, -0.1) is 11.3 Å². The van der Waals surface area contributed by atoms with E-state index in [1.54, 1.807) is 18.4 Å². The Morgan fingerprint density at radius 3 is 2.50 bits per heavy atom. The Bertz CT molecular complexity index is 1060. The predicted octanol–water partition coefficient (Wildman–Crippen LogP) is 5.58. The second kappa shape index (κ2) is 8.40. The van der Waals surface area contributed by atoms with Gasteiger partial charge in [-0.3, -0.25) is 0 Å². The van der Waals surface area contributed by atoms with Gasteiger partial charge in [0, 0.05) is 17.0 Å². The van der Waals surface area contributed by atoms with Crippen LogP contribution in [0.3, 0.4) is 0 Å². The molecule has 0 amide bonds. The van der Waals surface area contributed by atoms with Crippen molar-refractivity contribution in [3.05, 3.63) is 71.1 Å². The van der Waals surface area contributed by atoms with Crippen LogP contribution in [-0.4, -0.2) is 23.6 Å². The van der Waals surface area contributed by atoms with Crippen molar-refractivity contribution < 1.29 is 4.74 Å². The quantitative estimate of drug-likeness (QED) is 0.448. The van der Waals surface area contributed by atoms with Gasteiger partial charge >= 0.3 is 0 Å². The van der Waals surface area contributed by atoms with Crippen LogP contribution < -0.4 is 10.1 Å². The molecule has 4 nitrogen and oxygen atoms in total. The average molecular weight is 390 g/mol. The first-order chi connectivity index (χ1) is 13.8. The molecule has 0 saturated heterocycles. The maximum Gasteiger partial charge on any atom is 0.163 e. The molecule has 0 atom stereocenters. The minimum Gasteiger partial charge on any atom is -0.497 e. The van der Waals surface area contributed by atoms with E-state index in [9.17, 15) is 0 Å². The third-order valence-electron chi connectivity index (χ3n) is 4.69. The van der Waals surface area contributed by atoms with Gasteiger partial charge in [-0.05, 0) is 36.6 Å². The van der Waals surface area contributed by atoms with Gasteiger partial charge in [-0.25, -0.2) is 9.97 Å². The number of hydrogen-bond donors (Lipinski definition) is 1. The molecule has 5 heteroatoms. The van der Waals surface area contributed by atoms with Crippen LogP contribution in [0.2, 0.25) is 0 Å². The standard InChI is InChI=1S/C23H23N3OS/c1-3-19-15-20-22(24-14-13-16-9-11-18(27-2)12-10-16)25-21(26-23(20)28-19)17-7-5-4-6-8-17/h4-12,15H,3,13-14H2,1-2H3,(H,24,25,26). The molecule has 4 rings (SSSR count). The van der Waals surface area contributed by atoms with Crippen molar-refractivity contribution in [3.8, 4) is 17.1 Å². The molecule has 0 aliphatic heterocycles. The van der Waals surface area contributed by atoms with E-state index in [0.717, 1.165) is 52.6 Å². The largest absolute Gasteiger partial charge is 0.497 e. The number of ether oxygens (including phenoxy) is 1. The van der Waals surface area contributed by atoms with Gasteiger partial charge in [0.2, 0.25) is 0 Å². The number of benzene rings is 2. The van der Waals surface area contributed by atoms with Crippen LogP contribution in [-0.2, 0) is 12.8 Å². The summed E-state index contributed by atoms with van der Waals surface area (Å²) in [5.41, 5.74) is 2.30. The molecule has 0 radical (unpaired) electrons. The van der Waals surface area contributed by atoms with Crippen LogP contribution in [0.25, 0.3) is 21.6 Å². The summed E-state index contributed by atoms with van der Waals surface area (Å²) in [7, 11) is 1.69. The number of aromatic nitrogens is 2. The molecule has 4 aromatic rings. The van der Waals surface area contributed by atoms with Crippen molar-refractivity contribution >= 4 is 27.4 Å². The SMILES string of the molecule is CCc1cc2c(NCCc3ccc(OC)cc3)nc(-c3ccccc3)nc2s1. The van der Waals surface area contributed by atoms with Gasteiger partial charge < -0.3 is 10.1 Å². The van der Waals surface area contributed by atoms with Crippen LogP contribution in [0.15, 0.2) is 60.7 Å². The monoisotopic (exact) mass is 389 g/mol. The smallest absolute Gasteiger partial charge is 0.163 e. The fourth-order valence-corrected chi connectivity index (χ4v) is 4.08. The third-order valence-corrected chi connectivity index (χ3v) is 5.86. The Kier molecular flexibility index (Phi) is 5.53. The number of nitrogens with zero attached hydrogens (tertiary/aromatic N) is 2. The Morgan fingerprint density at radius 1 is 1.00 bits per heavy atom. The molecular formula is C23H23N3OS. The van der Waals surface area contributed by atoms with Crippen molar-refractivity contribution in [1.82, 2.24) is 9.97 Å². The first-order valence-corrected chi connectivity index (χ1v) is 10.3. The number of nitrogens with one attached hydrogen (secondary N) is 1. The fourth-order valence-electron chi connectivity index (χ4n) is 3.11. The van der Waals surface area contributed by atoms with E-state index in [4.69, 9.17) is 14.7 Å². The molecule has 0 bridgehead atoms. The topological polar surface area (TPSA) is 47.0 Å². The lowest BCUT2D eigenvalue weighted by Crippen LogP contribution is -2.07. The van der Waals surface area contributed by atoms with E-state index < -0.39 is 0 Å². The number of hydrogen-bond acceptors (Lipinski definition) is 5. The van der Waals surface area contributed by atoms with Crippen molar-refractivity contribution in [3.63, 3.8) is 0 Å². The summed E-state index contributed by atoms with van der Waals surface area (Å²) in [6.45, 7) is 2.98. The van der Waals surface area contributed by atoms with E-state index in [-0.39, 0.29) is 0 Å². The van der Waals surface area contributed by atoms with Gasteiger partial charge in [0.1, 0.15) is 16.4 Å². The second-order valence-corrected chi connectivity index (χ2v) is 7.69. The zero-order valence-corrected chi connectivity index (χ0v) is 16.9. The minimum absolute atomic E-state index is 0.768. The summed E-state index contributed by atoms with van der Waals surface area (Å²) in [5.74, 6) is 2.56. The molecule has 142 valence electrons. The lowest BCUT2D eigenvalue weighted by Gasteiger charge is -2.09. The number of fused-ring (bicyclic) bond motifs is 1. The van der Waals surface area contributed by atoms with Gasteiger partial charge in [0.15, 0.2) is 5.82 Å². The second-order valence-electron chi connectivity index (χ2n) is 6.57. The molecule has 0 aliphatic rings. The summed E-state index contributed by atoms with van der Waals surface area (Å²) in [6, 6.07) is 20.6. The van der Waals surface area contributed by atoms with Gasteiger partial charge in [0.25, 0.3) is 0 Å². The van der Waals surface area contributed by atoms with Crippen molar-refractivity contribution in [2.75, 3.05) is 19.0 Å². The van der Waals surface area contributed by atoms with Crippen molar-refractivity contribution in [2.45, 2.75) is 19.8 Å². The number of aryl methyl sites for hydroxylation is 1. The molecular weight excluding hydrogens is 366 g/mol. The molecule has 1 N–H and O–H groups in total. The zero-order valence-electron chi connectivity index (χ0n) is 16.1. The van der Waals surface area contributed by atoms with Crippen LogP contribution in [0.5, 0.6) is 5.75 Å². The lowest BCUT2D eigenvalue weighted by molar-refractivity contribution is 0.414. The molecule has 2 heterocycles. The normalized spacial score (nSPS) is 10.9. The predicted molar refractivity (Wildman–Crippen MR) is 117 cm³/mol. The highest BCUT2D eigenvalue weighted by Crippen LogP contribution is 2.31. The van der Waals surface area contributed by atoms with Crippen LogP contribution in [0.4, 0.5) is 5.82 Å². The fraction of sp³-hybridized carbons (Fsp3) is 0.217. The van der Waals surface area contributed by atoms with Gasteiger partial charge in [0.05, 0.1) is 12.5 Å². The average Bonchev–Trinajstić information content (AvgIpc) is 3.18. The molecule has 0 saturated carbocycles. The molecule has 0 fully saturated rings. The van der Waals surface area contributed by atoms with E-state index in [2.05, 4.69) is 42.6 Å². The van der Waals surface area contributed by atoms with E-state index >= 15 is 0 Å². The number of methoxy groups -OCH3 is 1. The first kappa shape index (κ1) is 18.4. The zero-order chi connectivity index (χ0) is 19.3. The maximum absolute atomic E-state index is 5.23. The molecule has 0 spiro atoms. The van der Waals surface area contributed by atoms with E-state index in [1.165, 1.54) is 10.4 Å². The number of rotatable bonds is 7. The molecule has 0 aliphatic carbocycles. The highest BCUT2D eigenvalue weighted by atomic mass is 32.1. The van der Waals surface area contributed by atoms with E-state index in [0.29, 0.717) is 0 Å². The number of thiophene rings is 1. The molecule has 2 aromatic heterocycles. The van der Waals surface area contributed by atoms with E-state index in [1.807, 2.05) is 30.3 Å².